The van der Waals surface area contributed by atoms with Crippen molar-refractivity contribution in [3.8, 4) is 16.9 Å². The molecule has 2 aromatic rings. The van der Waals surface area contributed by atoms with E-state index in [0.29, 0.717) is 31.2 Å². The second kappa shape index (κ2) is 8.17. The van der Waals surface area contributed by atoms with E-state index in [-0.39, 0.29) is 12.5 Å². The lowest BCUT2D eigenvalue weighted by Crippen LogP contribution is -2.39. The zero-order chi connectivity index (χ0) is 17.6. The number of likely N-dealkylation sites (tertiary alicyclic amines) is 1. The van der Waals surface area contributed by atoms with Gasteiger partial charge in [0.05, 0.1) is 6.61 Å². The summed E-state index contributed by atoms with van der Waals surface area (Å²) in [5.41, 5.74) is 2.68. The molecule has 0 aliphatic carbocycles. The predicted octanol–water partition coefficient (Wildman–Crippen LogP) is 3.60. The molecule has 2 aromatic carbocycles. The first-order chi connectivity index (χ1) is 12.2. The van der Waals surface area contributed by atoms with Crippen LogP contribution in [0, 0.1) is 5.92 Å². The molecule has 1 heterocycles. The first-order valence-electron chi connectivity index (χ1n) is 8.95. The van der Waals surface area contributed by atoms with E-state index in [4.69, 9.17) is 4.74 Å². The molecule has 25 heavy (non-hydrogen) atoms. The lowest BCUT2D eigenvalue weighted by atomic mass is 9.96. The van der Waals surface area contributed by atoms with E-state index in [1.165, 1.54) is 0 Å². The summed E-state index contributed by atoms with van der Waals surface area (Å²) < 4.78 is 5.71. The third-order valence-corrected chi connectivity index (χ3v) is 4.77. The van der Waals surface area contributed by atoms with Crippen LogP contribution < -0.4 is 4.74 Å². The fourth-order valence-electron chi connectivity index (χ4n) is 3.31. The highest BCUT2D eigenvalue weighted by Crippen LogP contribution is 2.30. The van der Waals surface area contributed by atoms with Gasteiger partial charge in [0.15, 0.2) is 0 Å². The molecule has 1 aliphatic rings. The Kier molecular flexibility index (Phi) is 5.71. The average molecular weight is 339 g/mol. The van der Waals surface area contributed by atoms with Crippen LogP contribution in [-0.4, -0.2) is 42.2 Å². The molecule has 0 radical (unpaired) electrons. The number of benzene rings is 2. The molecule has 4 nitrogen and oxygen atoms in total. The smallest absolute Gasteiger partial charge is 0.253 e. The number of rotatable bonds is 5. The third kappa shape index (κ3) is 4.02. The molecule has 0 aromatic heterocycles. The minimum Gasteiger partial charge on any atom is -0.493 e. The molecule has 0 unspecified atom stereocenters. The van der Waals surface area contributed by atoms with Gasteiger partial charge in [0.25, 0.3) is 5.91 Å². The predicted molar refractivity (Wildman–Crippen MR) is 98.8 cm³/mol. The molecule has 0 bridgehead atoms. The Labute approximate surface area is 149 Å². The van der Waals surface area contributed by atoms with Gasteiger partial charge >= 0.3 is 0 Å². The van der Waals surface area contributed by atoms with Crippen LogP contribution in [0.5, 0.6) is 5.75 Å². The molecule has 1 amide bonds. The fourth-order valence-corrected chi connectivity index (χ4v) is 3.31. The Morgan fingerprint density at radius 1 is 1.16 bits per heavy atom. The van der Waals surface area contributed by atoms with Crippen LogP contribution in [-0.2, 0) is 0 Å². The van der Waals surface area contributed by atoms with Gasteiger partial charge in [-0.2, -0.15) is 0 Å². The minimum atomic E-state index is 0.0622. The number of nitrogens with zero attached hydrogens (tertiary/aromatic N) is 1. The molecule has 0 saturated carbocycles. The van der Waals surface area contributed by atoms with Crippen molar-refractivity contribution in [3.05, 3.63) is 54.1 Å². The number of carbonyl (C=O) groups excluding carboxylic acids is 1. The third-order valence-electron chi connectivity index (χ3n) is 4.77. The maximum Gasteiger partial charge on any atom is 0.253 e. The van der Waals surface area contributed by atoms with E-state index in [1.807, 2.05) is 60.4 Å². The summed E-state index contributed by atoms with van der Waals surface area (Å²) in [5, 5.41) is 9.25. The normalized spacial score (nSPS) is 15.2. The van der Waals surface area contributed by atoms with Crippen LogP contribution in [0.4, 0.5) is 0 Å². The molecule has 1 N–H and O–H groups in total. The highest BCUT2D eigenvalue weighted by Gasteiger charge is 2.23. The molecular weight excluding hydrogens is 314 g/mol. The zero-order valence-corrected chi connectivity index (χ0v) is 14.6. The standard InChI is InChI=1S/C21H25NO3/c1-2-25-20-9-4-3-8-19(20)17-6-5-7-18(14-17)21(24)22-12-10-16(15-23)11-13-22/h3-9,14,16,23H,2,10-13,15H2,1H3. The Balaban J connectivity index is 1.81. The fraction of sp³-hybridized carbons (Fsp3) is 0.381. The van der Waals surface area contributed by atoms with Crippen molar-refractivity contribution < 1.29 is 14.6 Å². The van der Waals surface area contributed by atoms with Gasteiger partial charge in [0, 0.05) is 30.8 Å². The van der Waals surface area contributed by atoms with E-state index < -0.39 is 0 Å². The van der Waals surface area contributed by atoms with Gasteiger partial charge in [-0.25, -0.2) is 0 Å². The molecule has 0 spiro atoms. The SMILES string of the molecule is CCOc1ccccc1-c1cccc(C(=O)N2CCC(CO)CC2)c1. The summed E-state index contributed by atoms with van der Waals surface area (Å²) in [6, 6.07) is 15.6. The van der Waals surface area contributed by atoms with Gasteiger partial charge in [-0.3, -0.25) is 4.79 Å². The first kappa shape index (κ1) is 17.5. The largest absolute Gasteiger partial charge is 0.493 e. The summed E-state index contributed by atoms with van der Waals surface area (Å²) in [4.78, 5) is 14.7. The maximum absolute atomic E-state index is 12.8. The number of para-hydroxylation sites is 1. The van der Waals surface area contributed by atoms with Gasteiger partial charge in [-0.05, 0) is 49.4 Å². The van der Waals surface area contributed by atoms with Gasteiger partial charge in [-0.15, -0.1) is 0 Å². The summed E-state index contributed by atoms with van der Waals surface area (Å²) in [7, 11) is 0. The van der Waals surface area contributed by atoms with Crippen LogP contribution in [0.15, 0.2) is 48.5 Å². The number of aliphatic hydroxyl groups is 1. The Morgan fingerprint density at radius 3 is 2.64 bits per heavy atom. The molecule has 3 rings (SSSR count). The van der Waals surface area contributed by atoms with Crippen LogP contribution in [0.1, 0.15) is 30.1 Å². The van der Waals surface area contributed by atoms with Gasteiger partial charge in [-0.1, -0.05) is 30.3 Å². The highest BCUT2D eigenvalue weighted by atomic mass is 16.5. The minimum absolute atomic E-state index is 0.0622. The van der Waals surface area contributed by atoms with Gasteiger partial charge in [0.1, 0.15) is 5.75 Å². The van der Waals surface area contributed by atoms with Crippen molar-refractivity contribution in [2.24, 2.45) is 5.92 Å². The molecular formula is C21H25NO3. The topological polar surface area (TPSA) is 49.8 Å². The van der Waals surface area contributed by atoms with Crippen molar-refractivity contribution in [1.29, 1.82) is 0 Å². The van der Waals surface area contributed by atoms with Gasteiger partial charge in [0.2, 0.25) is 0 Å². The van der Waals surface area contributed by atoms with Crippen molar-refractivity contribution in [3.63, 3.8) is 0 Å². The number of piperidine rings is 1. The Hall–Kier alpha value is -2.33. The average Bonchev–Trinajstić information content (AvgIpc) is 2.68. The molecule has 1 saturated heterocycles. The Morgan fingerprint density at radius 2 is 1.92 bits per heavy atom. The number of hydrogen-bond donors (Lipinski definition) is 1. The van der Waals surface area contributed by atoms with Crippen molar-refractivity contribution in [2.45, 2.75) is 19.8 Å². The first-order valence-corrected chi connectivity index (χ1v) is 8.95. The maximum atomic E-state index is 12.8. The van der Waals surface area contributed by atoms with Crippen LogP contribution >= 0.6 is 0 Å². The second-order valence-corrected chi connectivity index (χ2v) is 6.43. The van der Waals surface area contributed by atoms with E-state index >= 15 is 0 Å². The summed E-state index contributed by atoms with van der Waals surface area (Å²) >= 11 is 0. The monoisotopic (exact) mass is 339 g/mol. The molecule has 132 valence electrons. The van der Waals surface area contributed by atoms with E-state index in [9.17, 15) is 9.90 Å². The van der Waals surface area contributed by atoms with E-state index in [2.05, 4.69) is 0 Å². The second-order valence-electron chi connectivity index (χ2n) is 6.43. The molecule has 1 fully saturated rings. The van der Waals surface area contributed by atoms with Crippen LogP contribution in [0.3, 0.4) is 0 Å². The highest BCUT2D eigenvalue weighted by molar-refractivity contribution is 5.95. The zero-order valence-electron chi connectivity index (χ0n) is 14.6. The Bertz CT molecular complexity index is 721. The van der Waals surface area contributed by atoms with Crippen molar-refractivity contribution >= 4 is 5.91 Å². The summed E-state index contributed by atoms with van der Waals surface area (Å²) in [6.07, 6.45) is 1.74. The molecule has 1 aliphatic heterocycles. The van der Waals surface area contributed by atoms with E-state index in [1.54, 1.807) is 0 Å². The lowest BCUT2D eigenvalue weighted by molar-refractivity contribution is 0.0651. The summed E-state index contributed by atoms with van der Waals surface area (Å²) in [5.74, 6) is 1.22. The molecule has 4 heteroatoms. The number of hydrogen-bond acceptors (Lipinski definition) is 3. The molecule has 0 atom stereocenters. The number of amides is 1. The quantitative estimate of drug-likeness (QED) is 0.905. The number of aliphatic hydroxyl groups excluding tert-OH is 1. The van der Waals surface area contributed by atoms with E-state index in [0.717, 1.165) is 29.7 Å². The van der Waals surface area contributed by atoms with Crippen LogP contribution in [0.25, 0.3) is 11.1 Å². The number of ether oxygens (including phenoxy) is 1. The van der Waals surface area contributed by atoms with Crippen molar-refractivity contribution in [2.75, 3.05) is 26.3 Å². The van der Waals surface area contributed by atoms with Crippen LogP contribution in [0.2, 0.25) is 0 Å². The number of carbonyl (C=O) groups is 1. The van der Waals surface area contributed by atoms with Gasteiger partial charge < -0.3 is 14.7 Å². The lowest BCUT2D eigenvalue weighted by Gasteiger charge is -2.31. The summed E-state index contributed by atoms with van der Waals surface area (Å²) in [6.45, 7) is 4.21. The van der Waals surface area contributed by atoms with Crippen molar-refractivity contribution in [1.82, 2.24) is 4.90 Å².